The number of rotatable bonds is 18. The van der Waals surface area contributed by atoms with Gasteiger partial charge in [-0.3, -0.25) is 0 Å². The number of benzene rings is 1. The summed E-state index contributed by atoms with van der Waals surface area (Å²) in [6.45, 7) is 3.18. The molecule has 0 spiro atoms. The minimum Gasteiger partial charge on any atom is -0.493 e. The van der Waals surface area contributed by atoms with Crippen LogP contribution in [0, 0.1) is 5.92 Å². The molecule has 0 N–H and O–H groups in total. The van der Waals surface area contributed by atoms with Gasteiger partial charge in [0, 0.05) is 0 Å². The van der Waals surface area contributed by atoms with E-state index in [9.17, 15) is 0 Å². The molecule has 0 aromatic heterocycles. The maximum Gasteiger partial charge on any atom is 0.122 e. The van der Waals surface area contributed by atoms with Crippen molar-refractivity contribution in [3.8, 4) is 5.75 Å². The van der Waals surface area contributed by atoms with Gasteiger partial charge in [0.25, 0.3) is 0 Å². The van der Waals surface area contributed by atoms with Gasteiger partial charge in [0.15, 0.2) is 0 Å². The van der Waals surface area contributed by atoms with Crippen molar-refractivity contribution < 1.29 is 4.74 Å². The van der Waals surface area contributed by atoms with E-state index in [1.54, 1.807) is 0 Å². The van der Waals surface area contributed by atoms with Gasteiger partial charge in [0.2, 0.25) is 0 Å². The molecule has 166 valence electrons. The van der Waals surface area contributed by atoms with E-state index in [0.29, 0.717) is 0 Å². The summed E-state index contributed by atoms with van der Waals surface area (Å²) in [5, 5.41) is 0. The van der Waals surface area contributed by atoms with Crippen LogP contribution >= 0.6 is 0 Å². The zero-order valence-electron chi connectivity index (χ0n) is 19.4. The van der Waals surface area contributed by atoms with Gasteiger partial charge in [-0.25, -0.2) is 0 Å². The summed E-state index contributed by atoms with van der Waals surface area (Å²) in [4.78, 5) is 0. The van der Waals surface area contributed by atoms with Crippen molar-refractivity contribution in [2.45, 2.75) is 129 Å². The van der Waals surface area contributed by atoms with Crippen molar-refractivity contribution in [3.63, 3.8) is 0 Å². The molecule has 0 atom stereocenters. The zero-order valence-corrected chi connectivity index (χ0v) is 19.4. The highest BCUT2D eigenvalue weighted by Crippen LogP contribution is 2.29. The number of ether oxygens (including phenoxy) is 1. The first-order valence-corrected chi connectivity index (χ1v) is 13.1. The van der Waals surface area contributed by atoms with Crippen LogP contribution in [-0.2, 0) is 6.42 Å². The lowest BCUT2D eigenvalue weighted by atomic mass is 9.99. The van der Waals surface area contributed by atoms with Gasteiger partial charge in [-0.2, -0.15) is 0 Å². The third kappa shape index (κ3) is 11.7. The SMILES string of the molecule is CCCCCCCCCCc1ccccc1OCCCCCCCC1CCCC1. The van der Waals surface area contributed by atoms with Gasteiger partial charge in [-0.1, -0.05) is 128 Å². The summed E-state index contributed by atoms with van der Waals surface area (Å²) >= 11 is 0. The highest BCUT2D eigenvalue weighted by molar-refractivity contribution is 5.33. The van der Waals surface area contributed by atoms with E-state index in [1.807, 2.05) is 0 Å². The fourth-order valence-electron chi connectivity index (χ4n) is 4.85. The van der Waals surface area contributed by atoms with Crippen LogP contribution in [0.1, 0.15) is 128 Å². The lowest BCUT2D eigenvalue weighted by Crippen LogP contribution is -2.00. The fraction of sp³-hybridized carbons (Fsp3) is 0.786. The number of hydrogen-bond donors (Lipinski definition) is 0. The molecule has 1 aliphatic carbocycles. The van der Waals surface area contributed by atoms with Crippen LogP contribution in [0.2, 0.25) is 0 Å². The van der Waals surface area contributed by atoms with Crippen LogP contribution in [0.3, 0.4) is 0 Å². The second kappa shape index (κ2) is 16.8. The summed E-state index contributed by atoms with van der Waals surface area (Å²) in [6, 6.07) is 8.72. The van der Waals surface area contributed by atoms with E-state index in [1.165, 1.54) is 128 Å². The molecule has 0 amide bonds. The summed E-state index contributed by atoms with van der Waals surface area (Å²) in [7, 11) is 0. The molecule has 1 heteroatoms. The quantitative estimate of drug-likeness (QED) is 0.223. The molecule has 1 aromatic rings. The smallest absolute Gasteiger partial charge is 0.122 e. The zero-order chi connectivity index (χ0) is 20.4. The normalized spacial score (nSPS) is 14.5. The third-order valence-corrected chi connectivity index (χ3v) is 6.76. The molecule has 1 saturated carbocycles. The minimum absolute atomic E-state index is 0.886. The van der Waals surface area contributed by atoms with Crippen molar-refractivity contribution in [2.24, 2.45) is 5.92 Å². The average molecular weight is 401 g/mol. The highest BCUT2D eigenvalue weighted by Gasteiger charge is 2.13. The van der Waals surface area contributed by atoms with Crippen molar-refractivity contribution in [1.29, 1.82) is 0 Å². The molecule has 1 aliphatic rings. The summed E-state index contributed by atoms with van der Waals surface area (Å²) in [6.07, 6.45) is 26.5. The van der Waals surface area contributed by atoms with Gasteiger partial charge in [-0.05, 0) is 36.8 Å². The Morgan fingerprint density at radius 1 is 0.724 bits per heavy atom. The van der Waals surface area contributed by atoms with Crippen LogP contribution in [0.4, 0.5) is 0 Å². The number of para-hydroxylation sites is 1. The van der Waals surface area contributed by atoms with Crippen molar-refractivity contribution >= 4 is 0 Å². The Kier molecular flexibility index (Phi) is 14.1. The second-order valence-electron chi connectivity index (χ2n) is 9.39. The van der Waals surface area contributed by atoms with E-state index in [4.69, 9.17) is 4.74 Å². The summed E-state index contributed by atoms with van der Waals surface area (Å²) in [5.74, 6) is 2.20. The molecule has 2 rings (SSSR count). The monoisotopic (exact) mass is 400 g/mol. The standard InChI is InChI=1S/C28H48O/c1-2-3-4-5-6-7-10-13-22-27-23-16-17-24-28(27)29-25-18-11-8-9-12-19-26-20-14-15-21-26/h16-17,23-24,26H,2-15,18-22,25H2,1H3. The Balaban J connectivity index is 1.47. The predicted octanol–water partition coefficient (Wildman–Crippen LogP) is 9.28. The summed E-state index contributed by atoms with van der Waals surface area (Å²) in [5.41, 5.74) is 1.41. The van der Waals surface area contributed by atoms with Crippen LogP contribution in [-0.4, -0.2) is 6.61 Å². The van der Waals surface area contributed by atoms with Crippen LogP contribution in [0.5, 0.6) is 5.75 Å². The topological polar surface area (TPSA) is 9.23 Å². The molecule has 1 fully saturated rings. The van der Waals surface area contributed by atoms with Gasteiger partial charge in [-0.15, -0.1) is 0 Å². The molecule has 1 nitrogen and oxygen atoms in total. The molecule has 1 aromatic carbocycles. The molecule has 0 saturated heterocycles. The predicted molar refractivity (Wildman–Crippen MR) is 128 cm³/mol. The molecule has 29 heavy (non-hydrogen) atoms. The van der Waals surface area contributed by atoms with Crippen LogP contribution in [0.25, 0.3) is 0 Å². The first-order valence-electron chi connectivity index (χ1n) is 13.1. The van der Waals surface area contributed by atoms with E-state index in [0.717, 1.165) is 18.3 Å². The first kappa shape index (κ1) is 24.3. The van der Waals surface area contributed by atoms with E-state index < -0.39 is 0 Å². The average Bonchev–Trinajstić information content (AvgIpc) is 3.26. The van der Waals surface area contributed by atoms with Gasteiger partial charge in [0.1, 0.15) is 5.75 Å². The van der Waals surface area contributed by atoms with Crippen LogP contribution < -0.4 is 4.74 Å². The molecule has 0 aliphatic heterocycles. The maximum absolute atomic E-state index is 6.15. The fourth-order valence-corrected chi connectivity index (χ4v) is 4.85. The minimum atomic E-state index is 0.886. The Hall–Kier alpha value is -0.980. The highest BCUT2D eigenvalue weighted by atomic mass is 16.5. The lowest BCUT2D eigenvalue weighted by molar-refractivity contribution is 0.300. The molecule has 0 unspecified atom stereocenters. The van der Waals surface area contributed by atoms with E-state index in [2.05, 4.69) is 31.2 Å². The molecule has 0 heterocycles. The van der Waals surface area contributed by atoms with Crippen LogP contribution in [0.15, 0.2) is 24.3 Å². The largest absolute Gasteiger partial charge is 0.493 e. The first-order chi connectivity index (χ1) is 14.4. The Labute approximate surface area is 182 Å². The van der Waals surface area contributed by atoms with Gasteiger partial charge >= 0.3 is 0 Å². The van der Waals surface area contributed by atoms with Crippen molar-refractivity contribution in [2.75, 3.05) is 6.61 Å². The Morgan fingerprint density at radius 2 is 1.34 bits per heavy atom. The number of aryl methyl sites for hydroxylation is 1. The molecular formula is C28H48O. The Morgan fingerprint density at radius 3 is 2.10 bits per heavy atom. The van der Waals surface area contributed by atoms with Crippen molar-refractivity contribution in [1.82, 2.24) is 0 Å². The second-order valence-corrected chi connectivity index (χ2v) is 9.39. The third-order valence-electron chi connectivity index (χ3n) is 6.76. The maximum atomic E-state index is 6.15. The lowest BCUT2D eigenvalue weighted by Gasteiger charge is -2.12. The Bertz CT molecular complexity index is 489. The molecular weight excluding hydrogens is 352 g/mol. The van der Waals surface area contributed by atoms with Gasteiger partial charge in [0.05, 0.1) is 6.61 Å². The van der Waals surface area contributed by atoms with Gasteiger partial charge < -0.3 is 4.74 Å². The molecule has 0 bridgehead atoms. The number of hydrogen-bond acceptors (Lipinski definition) is 1. The number of unbranched alkanes of at least 4 members (excludes halogenated alkanes) is 11. The summed E-state index contributed by atoms with van der Waals surface area (Å²) < 4.78 is 6.15. The van der Waals surface area contributed by atoms with Crippen molar-refractivity contribution in [3.05, 3.63) is 29.8 Å². The van der Waals surface area contributed by atoms with E-state index in [-0.39, 0.29) is 0 Å². The molecule has 0 radical (unpaired) electrons. The van der Waals surface area contributed by atoms with E-state index >= 15 is 0 Å².